The molecule has 0 spiro atoms. The Bertz CT molecular complexity index is 149. The number of hydrogen-bond donors (Lipinski definition) is 1. The Morgan fingerprint density at radius 3 is 2.47 bits per heavy atom. The molecule has 1 aliphatic rings. The summed E-state index contributed by atoms with van der Waals surface area (Å²) >= 11 is 0. The van der Waals surface area contributed by atoms with Crippen molar-refractivity contribution in [3.8, 4) is 0 Å². The average Bonchev–Trinajstić information content (AvgIpc) is 2.69. The molecule has 15 heavy (non-hydrogen) atoms. The van der Waals surface area contributed by atoms with Gasteiger partial charge in [-0.1, -0.05) is 26.7 Å². The van der Waals surface area contributed by atoms with Gasteiger partial charge >= 0.3 is 0 Å². The topological polar surface area (TPSA) is 21.3 Å². The van der Waals surface area contributed by atoms with Gasteiger partial charge in [0.25, 0.3) is 0 Å². The van der Waals surface area contributed by atoms with Crippen LogP contribution in [0.1, 0.15) is 46.5 Å². The van der Waals surface area contributed by atoms with E-state index < -0.39 is 0 Å². The number of nitrogens with one attached hydrogen (secondary N) is 1. The van der Waals surface area contributed by atoms with Crippen LogP contribution in [-0.2, 0) is 4.74 Å². The van der Waals surface area contributed by atoms with Crippen LogP contribution in [0.5, 0.6) is 0 Å². The molecule has 2 nitrogen and oxygen atoms in total. The molecule has 1 N–H and O–H groups in total. The first-order valence-corrected chi connectivity index (χ1v) is 6.52. The van der Waals surface area contributed by atoms with Crippen LogP contribution in [0, 0.1) is 11.8 Å². The highest BCUT2D eigenvalue weighted by atomic mass is 16.5. The maximum atomic E-state index is 5.71. The molecular weight excluding hydrogens is 186 g/mol. The molecule has 1 rings (SSSR count). The van der Waals surface area contributed by atoms with Crippen LogP contribution >= 0.6 is 0 Å². The Morgan fingerprint density at radius 1 is 1.20 bits per heavy atom. The molecule has 90 valence electrons. The molecule has 1 unspecified atom stereocenters. The van der Waals surface area contributed by atoms with E-state index in [0.29, 0.717) is 12.0 Å². The van der Waals surface area contributed by atoms with E-state index >= 15 is 0 Å². The summed E-state index contributed by atoms with van der Waals surface area (Å²) in [6, 6.07) is 0. The van der Waals surface area contributed by atoms with Crippen LogP contribution in [0.3, 0.4) is 0 Å². The predicted octanol–water partition coefficient (Wildman–Crippen LogP) is 2.83. The van der Waals surface area contributed by atoms with E-state index in [1.807, 2.05) is 0 Å². The lowest BCUT2D eigenvalue weighted by Gasteiger charge is -2.17. The molecule has 0 bridgehead atoms. The normalized spacial score (nSPS) is 20.0. The van der Waals surface area contributed by atoms with Crippen LogP contribution in [-0.4, -0.2) is 25.8 Å². The van der Waals surface area contributed by atoms with Crippen molar-refractivity contribution >= 4 is 0 Å². The van der Waals surface area contributed by atoms with E-state index in [9.17, 15) is 0 Å². The third-order valence-corrected chi connectivity index (χ3v) is 3.51. The molecule has 1 atom stereocenters. The van der Waals surface area contributed by atoms with Crippen LogP contribution in [0.4, 0.5) is 0 Å². The van der Waals surface area contributed by atoms with Crippen LogP contribution in [0.25, 0.3) is 0 Å². The minimum Gasteiger partial charge on any atom is -0.377 e. The lowest BCUT2D eigenvalue weighted by atomic mass is 10.1. The van der Waals surface area contributed by atoms with Gasteiger partial charge in [-0.15, -0.1) is 0 Å². The van der Waals surface area contributed by atoms with E-state index in [1.54, 1.807) is 0 Å². The van der Waals surface area contributed by atoms with E-state index in [0.717, 1.165) is 19.1 Å². The average molecular weight is 213 g/mol. The zero-order valence-electron chi connectivity index (χ0n) is 10.6. The predicted molar refractivity (Wildman–Crippen MR) is 65.1 cm³/mol. The SMILES string of the molecule is CC(C)C(C)OCCNCC1CCCC1. The van der Waals surface area contributed by atoms with Gasteiger partial charge < -0.3 is 10.1 Å². The Labute approximate surface area is 94.8 Å². The second kappa shape index (κ2) is 7.24. The molecule has 1 saturated carbocycles. The fraction of sp³-hybridized carbons (Fsp3) is 1.00. The van der Waals surface area contributed by atoms with E-state index in [-0.39, 0.29) is 0 Å². The summed E-state index contributed by atoms with van der Waals surface area (Å²) in [5.74, 6) is 1.56. The molecule has 1 aliphatic carbocycles. The van der Waals surface area contributed by atoms with E-state index in [1.165, 1.54) is 32.2 Å². The monoisotopic (exact) mass is 213 g/mol. The maximum Gasteiger partial charge on any atom is 0.0594 e. The minimum absolute atomic E-state index is 0.387. The van der Waals surface area contributed by atoms with Gasteiger partial charge in [-0.05, 0) is 38.1 Å². The largest absolute Gasteiger partial charge is 0.377 e. The molecule has 0 amide bonds. The third-order valence-electron chi connectivity index (χ3n) is 3.51. The zero-order valence-corrected chi connectivity index (χ0v) is 10.6. The Balaban J connectivity index is 1.88. The number of rotatable bonds is 7. The Kier molecular flexibility index (Phi) is 6.26. The second-order valence-corrected chi connectivity index (χ2v) is 5.17. The fourth-order valence-electron chi connectivity index (χ4n) is 2.03. The molecule has 0 heterocycles. The molecule has 0 radical (unpaired) electrons. The zero-order chi connectivity index (χ0) is 11.1. The fourth-order valence-corrected chi connectivity index (χ4v) is 2.03. The number of hydrogen-bond acceptors (Lipinski definition) is 2. The first kappa shape index (κ1) is 13.0. The van der Waals surface area contributed by atoms with Gasteiger partial charge in [-0.2, -0.15) is 0 Å². The molecule has 0 aromatic carbocycles. The Morgan fingerprint density at radius 2 is 1.87 bits per heavy atom. The first-order valence-electron chi connectivity index (χ1n) is 6.52. The quantitative estimate of drug-likeness (QED) is 0.657. The summed E-state index contributed by atoms with van der Waals surface area (Å²) < 4.78 is 5.71. The summed E-state index contributed by atoms with van der Waals surface area (Å²) in [5, 5.41) is 3.50. The van der Waals surface area contributed by atoms with Crippen LogP contribution in [0.2, 0.25) is 0 Å². The van der Waals surface area contributed by atoms with E-state index in [2.05, 4.69) is 26.1 Å². The molecule has 0 saturated heterocycles. The molecular formula is C13H27NO. The highest BCUT2D eigenvalue weighted by Gasteiger charge is 2.13. The van der Waals surface area contributed by atoms with Gasteiger partial charge in [0.05, 0.1) is 12.7 Å². The van der Waals surface area contributed by atoms with Gasteiger partial charge in [-0.25, -0.2) is 0 Å². The van der Waals surface area contributed by atoms with Gasteiger partial charge in [0.1, 0.15) is 0 Å². The molecule has 0 aromatic heterocycles. The molecule has 0 aromatic rings. The van der Waals surface area contributed by atoms with Gasteiger partial charge in [0.15, 0.2) is 0 Å². The maximum absolute atomic E-state index is 5.71. The molecule has 0 aliphatic heterocycles. The lowest BCUT2D eigenvalue weighted by Crippen LogP contribution is -2.27. The van der Waals surface area contributed by atoms with Crippen molar-refractivity contribution in [3.05, 3.63) is 0 Å². The smallest absolute Gasteiger partial charge is 0.0594 e. The molecule has 1 fully saturated rings. The third kappa shape index (κ3) is 5.53. The summed E-state index contributed by atoms with van der Waals surface area (Å²) in [7, 11) is 0. The summed E-state index contributed by atoms with van der Waals surface area (Å²) in [5.41, 5.74) is 0. The highest BCUT2D eigenvalue weighted by Crippen LogP contribution is 2.23. The van der Waals surface area contributed by atoms with Crippen LogP contribution < -0.4 is 5.32 Å². The van der Waals surface area contributed by atoms with Crippen molar-refractivity contribution in [2.75, 3.05) is 19.7 Å². The van der Waals surface area contributed by atoms with Crippen molar-refractivity contribution in [1.82, 2.24) is 5.32 Å². The van der Waals surface area contributed by atoms with Crippen molar-refractivity contribution < 1.29 is 4.74 Å². The second-order valence-electron chi connectivity index (χ2n) is 5.17. The lowest BCUT2D eigenvalue weighted by molar-refractivity contribution is 0.0371. The highest BCUT2D eigenvalue weighted by molar-refractivity contribution is 4.69. The van der Waals surface area contributed by atoms with Crippen molar-refractivity contribution in [2.45, 2.75) is 52.6 Å². The van der Waals surface area contributed by atoms with Crippen LogP contribution in [0.15, 0.2) is 0 Å². The minimum atomic E-state index is 0.387. The summed E-state index contributed by atoms with van der Waals surface area (Å²) in [6.45, 7) is 9.62. The standard InChI is InChI=1S/C13H27NO/c1-11(2)12(3)15-9-8-14-10-13-6-4-5-7-13/h11-14H,4-10H2,1-3H3. The van der Waals surface area contributed by atoms with Gasteiger partial charge in [0, 0.05) is 6.54 Å². The van der Waals surface area contributed by atoms with Gasteiger partial charge in [0.2, 0.25) is 0 Å². The Hall–Kier alpha value is -0.0800. The first-order chi connectivity index (χ1) is 7.20. The van der Waals surface area contributed by atoms with Crippen molar-refractivity contribution in [1.29, 1.82) is 0 Å². The van der Waals surface area contributed by atoms with E-state index in [4.69, 9.17) is 4.74 Å². The van der Waals surface area contributed by atoms with Gasteiger partial charge in [-0.3, -0.25) is 0 Å². The van der Waals surface area contributed by atoms with Crippen molar-refractivity contribution in [3.63, 3.8) is 0 Å². The molecule has 2 heteroatoms. The van der Waals surface area contributed by atoms with Crippen molar-refractivity contribution in [2.24, 2.45) is 11.8 Å². The summed E-state index contributed by atoms with van der Waals surface area (Å²) in [6.07, 6.45) is 6.12. The summed E-state index contributed by atoms with van der Waals surface area (Å²) in [4.78, 5) is 0. The number of ether oxygens (including phenoxy) is 1.